The van der Waals surface area contributed by atoms with Gasteiger partial charge in [0.25, 0.3) is 5.78 Å². The lowest BCUT2D eigenvalue weighted by atomic mass is 9.96. The van der Waals surface area contributed by atoms with E-state index in [1.165, 1.54) is 23.3 Å². The highest BCUT2D eigenvalue weighted by Gasteiger charge is 2.48. The molecular formula is C24H17N3O4S. The minimum absolute atomic E-state index is 0.0354. The van der Waals surface area contributed by atoms with Gasteiger partial charge in [-0.3, -0.25) is 19.5 Å². The molecule has 0 bridgehead atoms. The van der Waals surface area contributed by atoms with E-state index in [2.05, 4.69) is 9.97 Å². The van der Waals surface area contributed by atoms with Gasteiger partial charge in [0, 0.05) is 12.4 Å². The number of pyridine rings is 1. The number of nitrogens with zero attached hydrogens (tertiary/aromatic N) is 3. The second kappa shape index (κ2) is 7.90. The van der Waals surface area contributed by atoms with Crippen LogP contribution in [0.2, 0.25) is 0 Å². The predicted octanol–water partition coefficient (Wildman–Crippen LogP) is 4.33. The van der Waals surface area contributed by atoms with Crippen LogP contribution in [-0.2, 0) is 9.59 Å². The SMILES string of the molecule is COc1ccccc1/C(O)=C1\C(=O)C(=O)N(c2nc3ccccc3s2)C1c1cccnc1. The van der Waals surface area contributed by atoms with Gasteiger partial charge in [-0.1, -0.05) is 41.7 Å². The Morgan fingerprint density at radius 1 is 1.06 bits per heavy atom. The quantitative estimate of drug-likeness (QED) is 0.287. The van der Waals surface area contributed by atoms with Gasteiger partial charge in [-0.05, 0) is 35.9 Å². The molecule has 1 unspecified atom stereocenters. The number of rotatable bonds is 4. The van der Waals surface area contributed by atoms with Gasteiger partial charge in [-0.15, -0.1) is 0 Å². The van der Waals surface area contributed by atoms with Crippen LogP contribution in [0, 0.1) is 0 Å². The zero-order valence-corrected chi connectivity index (χ0v) is 17.7. The van der Waals surface area contributed by atoms with Crippen LogP contribution >= 0.6 is 11.3 Å². The summed E-state index contributed by atoms with van der Waals surface area (Å²) in [6.07, 6.45) is 3.18. The number of ketones is 1. The van der Waals surface area contributed by atoms with Crippen LogP contribution in [0.25, 0.3) is 16.0 Å². The monoisotopic (exact) mass is 443 g/mol. The number of hydrogen-bond donors (Lipinski definition) is 1. The molecule has 7 nitrogen and oxygen atoms in total. The maximum absolute atomic E-state index is 13.2. The number of Topliss-reactive ketones (excluding diaryl/α,β-unsaturated/α-hetero) is 1. The molecule has 3 heterocycles. The van der Waals surface area contributed by atoms with E-state index >= 15 is 0 Å². The molecule has 1 atom stereocenters. The molecule has 5 rings (SSSR count). The van der Waals surface area contributed by atoms with Gasteiger partial charge in [0.15, 0.2) is 5.13 Å². The van der Waals surface area contributed by atoms with Crippen molar-refractivity contribution in [3.05, 3.63) is 89.8 Å². The lowest BCUT2D eigenvalue weighted by Gasteiger charge is -2.22. The number of aliphatic hydroxyl groups is 1. The van der Waals surface area contributed by atoms with Gasteiger partial charge in [-0.2, -0.15) is 0 Å². The molecule has 1 aliphatic heterocycles. The molecule has 1 fully saturated rings. The van der Waals surface area contributed by atoms with Gasteiger partial charge in [0.2, 0.25) is 0 Å². The Labute approximate surface area is 187 Å². The van der Waals surface area contributed by atoms with Gasteiger partial charge in [0.05, 0.1) is 34.5 Å². The number of hydrogen-bond acceptors (Lipinski definition) is 7. The number of methoxy groups -OCH3 is 1. The van der Waals surface area contributed by atoms with Crippen molar-refractivity contribution in [2.45, 2.75) is 6.04 Å². The van der Waals surface area contributed by atoms with Crippen molar-refractivity contribution < 1.29 is 19.4 Å². The number of aliphatic hydroxyl groups excluding tert-OH is 1. The number of para-hydroxylation sites is 2. The van der Waals surface area contributed by atoms with Crippen molar-refractivity contribution in [1.82, 2.24) is 9.97 Å². The van der Waals surface area contributed by atoms with Crippen LogP contribution in [0.15, 0.2) is 78.6 Å². The Morgan fingerprint density at radius 2 is 1.84 bits per heavy atom. The number of amides is 1. The molecule has 1 N–H and O–H groups in total. The number of thiazole rings is 1. The fourth-order valence-corrected chi connectivity index (χ4v) is 4.82. The van der Waals surface area contributed by atoms with E-state index in [0.29, 0.717) is 22.0 Å². The van der Waals surface area contributed by atoms with E-state index < -0.39 is 17.7 Å². The zero-order valence-electron chi connectivity index (χ0n) is 16.9. The Balaban J connectivity index is 1.75. The third-order valence-electron chi connectivity index (χ3n) is 5.30. The number of ether oxygens (including phenoxy) is 1. The Kier molecular flexibility index (Phi) is 4.91. The van der Waals surface area contributed by atoms with Crippen LogP contribution < -0.4 is 9.64 Å². The highest BCUT2D eigenvalue weighted by Crippen LogP contribution is 2.44. The molecule has 4 aromatic rings. The molecule has 1 aliphatic rings. The summed E-state index contributed by atoms with van der Waals surface area (Å²) in [5, 5.41) is 11.6. The van der Waals surface area contributed by atoms with E-state index in [0.717, 1.165) is 10.2 Å². The van der Waals surface area contributed by atoms with E-state index in [1.54, 1.807) is 48.8 Å². The number of carbonyl (C=O) groups is 2. The summed E-state index contributed by atoms with van der Waals surface area (Å²) in [7, 11) is 1.48. The molecule has 1 amide bonds. The van der Waals surface area contributed by atoms with Crippen molar-refractivity contribution in [3.8, 4) is 5.75 Å². The summed E-state index contributed by atoms with van der Waals surface area (Å²) in [6, 6.07) is 16.9. The highest BCUT2D eigenvalue weighted by atomic mass is 32.1. The molecule has 8 heteroatoms. The average Bonchev–Trinajstić information content (AvgIpc) is 3.37. The summed E-state index contributed by atoms with van der Waals surface area (Å²) in [5.41, 5.74) is 1.60. The largest absolute Gasteiger partial charge is 0.507 e. The second-order valence-electron chi connectivity index (χ2n) is 7.12. The first-order chi connectivity index (χ1) is 15.6. The number of benzene rings is 2. The average molecular weight is 443 g/mol. The standard InChI is InChI=1S/C24H17N3O4S/c1-31-17-10-4-2-8-15(17)21(28)19-20(14-7-6-12-25-13-14)27(23(30)22(19)29)24-26-16-9-3-5-11-18(16)32-24/h2-13,20,28H,1H3/b21-19+. The van der Waals surface area contributed by atoms with Crippen molar-refractivity contribution >= 4 is 44.1 Å². The molecule has 2 aromatic heterocycles. The smallest absolute Gasteiger partial charge is 0.301 e. The molecule has 1 saturated heterocycles. The number of carbonyl (C=O) groups excluding carboxylic acids is 2. The fraction of sp³-hybridized carbons (Fsp3) is 0.0833. The lowest BCUT2D eigenvalue weighted by Crippen LogP contribution is -2.29. The number of anilines is 1. The third kappa shape index (κ3) is 3.12. The van der Waals surface area contributed by atoms with Crippen molar-refractivity contribution in [2.75, 3.05) is 12.0 Å². The van der Waals surface area contributed by atoms with E-state index in [9.17, 15) is 14.7 Å². The van der Waals surface area contributed by atoms with Crippen LogP contribution in [0.4, 0.5) is 5.13 Å². The molecule has 0 radical (unpaired) electrons. The van der Waals surface area contributed by atoms with E-state index in [1.807, 2.05) is 24.3 Å². The minimum Gasteiger partial charge on any atom is -0.507 e. The van der Waals surface area contributed by atoms with Gasteiger partial charge < -0.3 is 9.84 Å². The summed E-state index contributed by atoms with van der Waals surface area (Å²) in [6.45, 7) is 0. The first-order valence-corrected chi connectivity index (χ1v) is 10.6. The molecule has 0 saturated carbocycles. The fourth-order valence-electron chi connectivity index (χ4n) is 3.83. The van der Waals surface area contributed by atoms with Crippen LogP contribution in [0.3, 0.4) is 0 Å². The zero-order chi connectivity index (χ0) is 22.2. The molecule has 32 heavy (non-hydrogen) atoms. The second-order valence-corrected chi connectivity index (χ2v) is 8.13. The number of fused-ring (bicyclic) bond motifs is 1. The molecule has 158 valence electrons. The topological polar surface area (TPSA) is 92.6 Å². The predicted molar refractivity (Wildman–Crippen MR) is 122 cm³/mol. The van der Waals surface area contributed by atoms with Crippen LogP contribution in [-0.4, -0.2) is 33.9 Å². The lowest BCUT2D eigenvalue weighted by molar-refractivity contribution is -0.132. The third-order valence-corrected chi connectivity index (χ3v) is 6.33. The van der Waals surface area contributed by atoms with E-state index in [-0.39, 0.29) is 11.3 Å². The van der Waals surface area contributed by atoms with Crippen LogP contribution in [0.5, 0.6) is 5.75 Å². The normalized spacial score (nSPS) is 17.8. The van der Waals surface area contributed by atoms with Crippen molar-refractivity contribution in [2.24, 2.45) is 0 Å². The van der Waals surface area contributed by atoms with Crippen molar-refractivity contribution in [3.63, 3.8) is 0 Å². The highest BCUT2D eigenvalue weighted by molar-refractivity contribution is 7.22. The molecular weight excluding hydrogens is 426 g/mol. The number of aromatic nitrogens is 2. The molecule has 2 aromatic carbocycles. The summed E-state index contributed by atoms with van der Waals surface area (Å²) in [5.74, 6) is -1.46. The van der Waals surface area contributed by atoms with Crippen LogP contribution in [0.1, 0.15) is 17.2 Å². The van der Waals surface area contributed by atoms with E-state index in [4.69, 9.17) is 4.74 Å². The van der Waals surface area contributed by atoms with Crippen molar-refractivity contribution in [1.29, 1.82) is 0 Å². The van der Waals surface area contributed by atoms with Gasteiger partial charge in [-0.25, -0.2) is 4.98 Å². The summed E-state index contributed by atoms with van der Waals surface area (Å²) < 4.78 is 6.24. The Hall–Kier alpha value is -4.04. The Morgan fingerprint density at radius 3 is 2.59 bits per heavy atom. The molecule has 0 aliphatic carbocycles. The summed E-state index contributed by atoms with van der Waals surface area (Å²) >= 11 is 1.31. The first-order valence-electron chi connectivity index (χ1n) is 9.80. The maximum atomic E-state index is 13.2. The summed E-state index contributed by atoms with van der Waals surface area (Å²) in [4.78, 5) is 36.5. The Bertz CT molecular complexity index is 1350. The minimum atomic E-state index is -0.880. The first kappa shape index (κ1) is 19.9. The maximum Gasteiger partial charge on any atom is 0.301 e. The van der Waals surface area contributed by atoms with Gasteiger partial charge in [0.1, 0.15) is 11.5 Å². The molecule has 0 spiro atoms. The van der Waals surface area contributed by atoms with Gasteiger partial charge >= 0.3 is 5.91 Å².